The summed E-state index contributed by atoms with van der Waals surface area (Å²) in [6, 6.07) is -3.77. The lowest BCUT2D eigenvalue weighted by Crippen LogP contribution is -2.51. The van der Waals surface area contributed by atoms with E-state index in [1.54, 1.807) is 0 Å². The Labute approximate surface area is 277 Å². The van der Waals surface area contributed by atoms with E-state index >= 15 is 0 Å². The van der Waals surface area contributed by atoms with Crippen molar-refractivity contribution >= 4 is 53.5 Å². The molecule has 0 heterocycles. The van der Waals surface area contributed by atoms with Gasteiger partial charge in [0.05, 0.1) is 42.7 Å². The second kappa shape index (κ2) is 21.2. The van der Waals surface area contributed by atoms with Crippen LogP contribution in [0.1, 0.15) is 57.8 Å². The zero-order valence-electron chi connectivity index (χ0n) is 28.0. The molecule has 18 nitrogen and oxygen atoms in total. The Morgan fingerprint density at radius 2 is 0.667 bits per heavy atom. The Bertz CT molecular complexity index is 1040. The molecule has 1 rings (SSSR count). The molecule has 3 atom stereocenters. The van der Waals surface area contributed by atoms with Crippen LogP contribution >= 0.6 is 0 Å². The molecule has 18 heteroatoms. The van der Waals surface area contributed by atoms with Crippen LogP contribution in [0.4, 0.5) is 0 Å². The number of amides is 3. The van der Waals surface area contributed by atoms with Crippen LogP contribution in [0.3, 0.4) is 0 Å². The summed E-state index contributed by atoms with van der Waals surface area (Å²) >= 11 is 0. The molecule has 1 fully saturated rings. The lowest BCUT2D eigenvalue weighted by Gasteiger charge is -2.34. The van der Waals surface area contributed by atoms with Crippen LogP contribution in [0, 0.1) is 17.8 Å². The number of methoxy groups -OCH3 is 6. The van der Waals surface area contributed by atoms with Crippen LogP contribution in [-0.4, -0.2) is 114 Å². The van der Waals surface area contributed by atoms with Crippen molar-refractivity contribution in [1.29, 1.82) is 0 Å². The summed E-state index contributed by atoms with van der Waals surface area (Å²) in [7, 11) is 6.76. The highest BCUT2D eigenvalue weighted by Crippen LogP contribution is 2.35. The maximum atomic E-state index is 13.5. The molecule has 3 amide bonds. The van der Waals surface area contributed by atoms with Gasteiger partial charge >= 0.3 is 35.8 Å². The van der Waals surface area contributed by atoms with Crippen molar-refractivity contribution in [2.24, 2.45) is 17.8 Å². The summed E-state index contributed by atoms with van der Waals surface area (Å²) in [4.78, 5) is 113. The molecule has 0 aromatic heterocycles. The average Bonchev–Trinajstić information content (AvgIpc) is 3.10. The number of carbonyl (C=O) groups excluding carboxylic acids is 9. The van der Waals surface area contributed by atoms with E-state index in [1.807, 2.05) is 0 Å². The molecule has 1 aliphatic rings. The van der Waals surface area contributed by atoms with Crippen molar-refractivity contribution in [3.63, 3.8) is 0 Å². The van der Waals surface area contributed by atoms with Gasteiger partial charge in [0.2, 0.25) is 17.7 Å². The second-order valence-electron chi connectivity index (χ2n) is 10.9. The fourth-order valence-corrected chi connectivity index (χ4v) is 5.10. The minimum Gasteiger partial charge on any atom is -0.469 e. The van der Waals surface area contributed by atoms with Crippen LogP contribution < -0.4 is 16.0 Å². The molecule has 270 valence electrons. The van der Waals surface area contributed by atoms with Gasteiger partial charge in [-0.1, -0.05) is 0 Å². The zero-order chi connectivity index (χ0) is 36.4. The number of nitrogens with one attached hydrogen (secondary N) is 3. The van der Waals surface area contributed by atoms with E-state index in [9.17, 15) is 43.2 Å². The van der Waals surface area contributed by atoms with Gasteiger partial charge in [0.1, 0.15) is 18.1 Å². The highest BCUT2D eigenvalue weighted by atomic mass is 16.5. The Hall–Kier alpha value is -4.77. The van der Waals surface area contributed by atoms with Crippen molar-refractivity contribution in [2.75, 3.05) is 42.7 Å². The third-order valence-electron chi connectivity index (χ3n) is 7.82. The van der Waals surface area contributed by atoms with Gasteiger partial charge in [-0.25, -0.2) is 14.4 Å². The van der Waals surface area contributed by atoms with Crippen LogP contribution in [0.5, 0.6) is 0 Å². The molecule has 0 bridgehead atoms. The number of ether oxygens (including phenoxy) is 6. The Morgan fingerprint density at radius 1 is 0.438 bits per heavy atom. The first-order chi connectivity index (χ1) is 22.7. The smallest absolute Gasteiger partial charge is 0.328 e. The molecule has 3 N–H and O–H groups in total. The van der Waals surface area contributed by atoms with Crippen molar-refractivity contribution in [3.05, 3.63) is 0 Å². The number of esters is 6. The SMILES string of the molecule is COC(=O)CC[C@H](NC(=O)C1CC(C(=O)N[C@@H](CCC(=O)OC)C(=O)OC)CC(C(=O)N[C@@H](CCC(=O)OC)C(=O)OC)C1)C(=O)OC. The normalized spacial score (nSPS) is 18.8. The van der Waals surface area contributed by atoms with E-state index in [0.717, 1.165) is 42.7 Å². The maximum absolute atomic E-state index is 13.5. The highest BCUT2D eigenvalue weighted by Gasteiger charge is 2.41. The van der Waals surface area contributed by atoms with Gasteiger partial charge in [-0.15, -0.1) is 0 Å². The van der Waals surface area contributed by atoms with E-state index in [2.05, 4.69) is 30.2 Å². The number of hydrogen-bond donors (Lipinski definition) is 3. The molecule has 0 aromatic rings. The molecule has 0 saturated heterocycles. The zero-order valence-corrected chi connectivity index (χ0v) is 28.0. The first kappa shape index (κ1) is 41.3. The van der Waals surface area contributed by atoms with Gasteiger partial charge in [0.25, 0.3) is 0 Å². The van der Waals surface area contributed by atoms with E-state index in [0.29, 0.717) is 0 Å². The lowest BCUT2D eigenvalue weighted by atomic mass is 9.73. The van der Waals surface area contributed by atoms with E-state index < -0.39 is 89.4 Å². The van der Waals surface area contributed by atoms with Crippen LogP contribution in [0.25, 0.3) is 0 Å². The van der Waals surface area contributed by atoms with E-state index in [1.165, 1.54) is 0 Å². The average molecular weight is 688 g/mol. The number of hydrogen-bond acceptors (Lipinski definition) is 15. The molecule has 0 spiro atoms. The molecule has 0 radical (unpaired) electrons. The molecule has 0 unspecified atom stereocenters. The minimum atomic E-state index is -1.26. The third-order valence-corrected chi connectivity index (χ3v) is 7.82. The number of rotatable bonds is 18. The topological polar surface area (TPSA) is 245 Å². The van der Waals surface area contributed by atoms with Crippen molar-refractivity contribution in [1.82, 2.24) is 16.0 Å². The van der Waals surface area contributed by atoms with Crippen LogP contribution in [-0.2, 0) is 71.6 Å². The molecular formula is C30H45N3O15. The van der Waals surface area contributed by atoms with Gasteiger partial charge in [-0.3, -0.25) is 28.8 Å². The number of carbonyl (C=O) groups is 9. The fraction of sp³-hybridized carbons (Fsp3) is 0.700. The Morgan fingerprint density at radius 3 is 0.854 bits per heavy atom. The summed E-state index contributed by atoms with van der Waals surface area (Å²) < 4.78 is 28.0. The predicted molar refractivity (Wildman–Crippen MR) is 160 cm³/mol. The van der Waals surface area contributed by atoms with Crippen molar-refractivity contribution in [2.45, 2.75) is 75.9 Å². The monoisotopic (exact) mass is 687 g/mol. The summed E-state index contributed by atoms with van der Waals surface area (Å²) in [5.41, 5.74) is 0. The lowest BCUT2D eigenvalue weighted by molar-refractivity contribution is -0.149. The predicted octanol–water partition coefficient (Wildman–Crippen LogP) is -1.15. The Kier molecular flexibility index (Phi) is 18.2. The van der Waals surface area contributed by atoms with Crippen molar-refractivity contribution < 1.29 is 71.6 Å². The summed E-state index contributed by atoms with van der Waals surface area (Å²) in [5.74, 6) is -9.75. The van der Waals surface area contributed by atoms with E-state index in [4.69, 9.17) is 14.2 Å². The summed E-state index contributed by atoms with van der Waals surface area (Å²) in [6.07, 6.45) is -1.52. The first-order valence-electron chi connectivity index (χ1n) is 15.1. The minimum absolute atomic E-state index is 0.125. The van der Waals surface area contributed by atoms with Gasteiger partial charge < -0.3 is 44.4 Å². The van der Waals surface area contributed by atoms with Crippen molar-refractivity contribution in [3.8, 4) is 0 Å². The second-order valence-corrected chi connectivity index (χ2v) is 10.9. The Balaban J connectivity index is 3.33. The van der Waals surface area contributed by atoms with E-state index in [-0.39, 0.29) is 57.8 Å². The first-order valence-corrected chi connectivity index (χ1v) is 15.1. The molecule has 1 aliphatic carbocycles. The van der Waals surface area contributed by atoms with Gasteiger partial charge in [0, 0.05) is 37.0 Å². The fourth-order valence-electron chi connectivity index (χ4n) is 5.10. The molecule has 1 saturated carbocycles. The quantitative estimate of drug-likeness (QED) is 0.114. The maximum Gasteiger partial charge on any atom is 0.328 e. The highest BCUT2D eigenvalue weighted by molar-refractivity contribution is 5.91. The third kappa shape index (κ3) is 13.5. The molecule has 0 aromatic carbocycles. The van der Waals surface area contributed by atoms with Gasteiger partial charge in [0.15, 0.2) is 0 Å². The molecule has 0 aliphatic heterocycles. The van der Waals surface area contributed by atoms with Gasteiger partial charge in [-0.2, -0.15) is 0 Å². The molecular weight excluding hydrogens is 642 g/mol. The summed E-state index contributed by atoms with van der Waals surface area (Å²) in [6.45, 7) is 0. The largest absolute Gasteiger partial charge is 0.469 e. The molecule has 48 heavy (non-hydrogen) atoms. The van der Waals surface area contributed by atoms with Crippen LogP contribution in [0.15, 0.2) is 0 Å². The standard InChI is InChI=1S/C30H45N3O15/c1-43-22(34)10-7-19(28(40)46-4)31-25(37)16-13-17(26(38)32-20(29(41)47-5)8-11-23(35)44-2)15-18(14-16)27(39)33-21(30(42)48-6)9-12-24(36)45-3/h16-21H,7-15H2,1-6H3,(H,31,37)(H,32,38)(H,33,39)/t16?,17?,18?,19-,20-,21-/m0/s1. The van der Waals surface area contributed by atoms with Crippen LogP contribution in [0.2, 0.25) is 0 Å². The van der Waals surface area contributed by atoms with Gasteiger partial charge in [-0.05, 0) is 38.5 Å². The summed E-state index contributed by atoms with van der Waals surface area (Å²) in [5, 5.41) is 7.54.